The minimum Gasteiger partial charge on any atom is -0.378 e. The van der Waals surface area contributed by atoms with Gasteiger partial charge < -0.3 is 15.5 Å². The summed E-state index contributed by atoms with van der Waals surface area (Å²) in [7, 11) is 3.93. The first-order valence-electron chi connectivity index (χ1n) is 12.6. The molecule has 0 aliphatic carbocycles. The van der Waals surface area contributed by atoms with Crippen LogP contribution in [0.15, 0.2) is 109 Å². The molecule has 0 saturated heterocycles. The summed E-state index contributed by atoms with van der Waals surface area (Å²) in [5.74, 6) is -1.20. The molecule has 0 aliphatic rings. The summed E-state index contributed by atoms with van der Waals surface area (Å²) in [4.78, 5) is 40.8. The average Bonchev–Trinajstić information content (AvgIpc) is 2.97. The first-order valence-corrected chi connectivity index (χ1v) is 13.4. The SMILES string of the molecule is CN(C)c1ccc(/C=C/C(=O)c2ccc(NC(=O)/C(=C/c3ccc(Cl)cc3Cl)NC(=O)c3ccccc3)cc2)cc1. The largest absolute Gasteiger partial charge is 0.378 e. The van der Waals surface area contributed by atoms with Gasteiger partial charge in [-0.2, -0.15) is 0 Å². The van der Waals surface area contributed by atoms with Crippen LogP contribution in [-0.4, -0.2) is 31.7 Å². The van der Waals surface area contributed by atoms with Gasteiger partial charge in [-0.15, -0.1) is 0 Å². The number of benzene rings is 4. The third-order valence-corrected chi connectivity index (χ3v) is 6.62. The number of hydrogen-bond acceptors (Lipinski definition) is 4. The average molecular weight is 585 g/mol. The molecule has 0 spiro atoms. The minimum absolute atomic E-state index is 0.0218. The Labute approximate surface area is 248 Å². The Morgan fingerprint density at radius 1 is 0.780 bits per heavy atom. The van der Waals surface area contributed by atoms with Crippen LogP contribution < -0.4 is 15.5 Å². The highest BCUT2D eigenvalue weighted by Crippen LogP contribution is 2.23. The molecule has 0 saturated carbocycles. The Hall–Kier alpha value is -4.65. The zero-order valence-corrected chi connectivity index (χ0v) is 23.9. The number of nitrogens with zero attached hydrogens (tertiary/aromatic N) is 1. The van der Waals surface area contributed by atoms with Crippen LogP contribution in [-0.2, 0) is 4.79 Å². The number of ketones is 1. The molecule has 2 amide bonds. The molecule has 0 radical (unpaired) electrons. The number of rotatable bonds is 9. The van der Waals surface area contributed by atoms with Crippen molar-refractivity contribution in [2.75, 3.05) is 24.3 Å². The van der Waals surface area contributed by atoms with Gasteiger partial charge in [-0.3, -0.25) is 14.4 Å². The zero-order chi connectivity index (χ0) is 29.4. The van der Waals surface area contributed by atoms with E-state index >= 15 is 0 Å². The van der Waals surface area contributed by atoms with Crippen LogP contribution in [0.3, 0.4) is 0 Å². The van der Waals surface area contributed by atoms with Crippen LogP contribution >= 0.6 is 23.2 Å². The molecule has 41 heavy (non-hydrogen) atoms. The lowest BCUT2D eigenvalue weighted by molar-refractivity contribution is -0.113. The second-order valence-electron chi connectivity index (χ2n) is 9.26. The number of hydrogen-bond donors (Lipinski definition) is 2. The van der Waals surface area contributed by atoms with Crippen molar-refractivity contribution in [3.63, 3.8) is 0 Å². The highest BCUT2D eigenvalue weighted by Gasteiger charge is 2.16. The Kier molecular flexibility index (Phi) is 9.74. The van der Waals surface area contributed by atoms with Crippen molar-refractivity contribution < 1.29 is 14.4 Å². The number of carbonyl (C=O) groups excluding carboxylic acids is 3. The Balaban J connectivity index is 1.49. The fourth-order valence-electron chi connectivity index (χ4n) is 3.78. The first kappa shape index (κ1) is 29.3. The van der Waals surface area contributed by atoms with Gasteiger partial charge >= 0.3 is 0 Å². The van der Waals surface area contributed by atoms with E-state index in [0.717, 1.165) is 11.3 Å². The monoisotopic (exact) mass is 583 g/mol. The fraction of sp³-hybridized carbons (Fsp3) is 0.0606. The lowest BCUT2D eigenvalue weighted by Gasteiger charge is -2.12. The fourth-order valence-corrected chi connectivity index (χ4v) is 4.25. The summed E-state index contributed by atoms with van der Waals surface area (Å²) >= 11 is 12.3. The zero-order valence-electron chi connectivity index (χ0n) is 22.4. The van der Waals surface area contributed by atoms with Crippen molar-refractivity contribution in [3.05, 3.63) is 141 Å². The maximum absolute atomic E-state index is 13.3. The second-order valence-corrected chi connectivity index (χ2v) is 10.1. The van der Waals surface area contributed by atoms with Crippen LogP contribution in [0.25, 0.3) is 12.2 Å². The summed E-state index contributed by atoms with van der Waals surface area (Å²) in [6.07, 6.45) is 4.74. The molecule has 2 N–H and O–H groups in total. The summed E-state index contributed by atoms with van der Waals surface area (Å²) in [5.41, 5.74) is 3.75. The van der Waals surface area contributed by atoms with Crippen molar-refractivity contribution in [3.8, 4) is 0 Å². The summed E-state index contributed by atoms with van der Waals surface area (Å²) in [5, 5.41) is 6.20. The van der Waals surface area contributed by atoms with Gasteiger partial charge in [0.1, 0.15) is 5.70 Å². The molecule has 4 aromatic carbocycles. The number of amides is 2. The molecule has 4 rings (SSSR count). The third kappa shape index (κ3) is 8.18. The molecule has 8 heteroatoms. The first-order chi connectivity index (χ1) is 19.7. The number of nitrogens with one attached hydrogen (secondary N) is 2. The molecule has 0 atom stereocenters. The van der Waals surface area contributed by atoms with Gasteiger partial charge in [0.2, 0.25) is 0 Å². The van der Waals surface area contributed by atoms with E-state index < -0.39 is 11.8 Å². The van der Waals surface area contributed by atoms with E-state index in [1.165, 1.54) is 12.2 Å². The van der Waals surface area contributed by atoms with Crippen LogP contribution in [0, 0.1) is 0 Å². The van der Waals surface area contributed by atoms with Gasteiger partial charge in [-0.25, -0.2) is 0 Å². The predicted molar refractivity (Wildman–Crippen MR) is 168 cm³/mol. The lowest BCUT2D eigenvalue weighted by Crippen LogP contribution is -2.30. The summed E-state index contributed by atoms with van der Waals surface area (Å²) in [6, 6.07) is 27.7. The molecule has 0 aromatic heterocycles. The number of halogens is 2. The molecular weight excluding hydrogens is 557 g/mol. The van der Waals surface area contributed by atoms with E-state index in [9.17, 15) is 14.4 Å². The molecule has 0 heterocycles. The van der Waals surface area contributed by atoms with Gasteiger partial charge in [-0.1, -0.05) is 65.7 Å². The van der Waals surface area contributed by atoms with Crippen LogP contribution in [0.5, 0.6) is 0 Å². The highest BCUT2D eigenvalue weighted by molar-refractivity contribution is 6.35. The Morgan fingerprint density at radius 2 is 1.46 bits per heavy atom. The van der Waals surface area contributed by atoms with Crippen molar-refractivity contribution >= 4 is 64.3 Å². The number of allylic oxidation sites excluding steroid dienone is 1. The van der Waals surface area contributed by atoms with E-state index in [1.54, 1.807) is 78.9 Å². The molecule has 6 nitrogen and oxygen atoms in total. The molecule has 4 aromatic rings. The quantitative estimate of drug-likeness (QED) is 0.159. The van der Waals surface area contributed by atoms with Crippen molar-refractivity contribution in [1.82, 2.24) is 5.32 Å². The van der Waals surface area contributed by atoms with E-state index in [4.69, 9.17) is 23.2 Å². The smallest absolute Gasteiger partial charge is 0.272 e. The maximum Gasteiger partial charge on any atom is 0.272 e. The molecule has 0 aliphatic heterocycles. The van der Waals surface area contributed by atoms with Crippen molar-refractivity contribution in [2.45, 2.75) is 0 Å². The van der Waals surface area contributed by atoms with Gasteiger partial charge in [-0.05, 0) is 83.9 Å². The molecule has 0 fully saturated rings. The number of carbonyl (C=O) groups is 3. The van der Waals surface area contributed by atoms with E-state index in [-0.39, 0.29) is 11.5 Å². The minimum atomic E-state index is -0.569. The molecule has 206 valence electrons. The topological polar surface area (TPSA) is 78.5 Å². The maximum atomic E-state index is 13.3. The molecular formula is C33H27Cl2N3O3. The highest BCUT2D eigenvalue weighted by atomic mass is 35.5. The van der Waals surface area contributed by atoms with Gasteiger partial charge in [0, 0.05) is 46.6 Å². The summed E-state index contributed by atoms with van der Waals surface area (Å²) < 4.78 is 0. The third-order valence-electron chi connectivity index (χ3n) is 6.06. The van der Waals surface area contributed by atoms with Gasteiger partial charge in [0.15, 0.2) is 5.78 Å². The van der Waals surface area contributed by atoms with E-state index in [1.807, 2.05) is 43.3 Å². The van der Waals surface area contributed by atoms with Crippen molar-refractivity contribution in [2.24, 2.45) is 0 Å². The molecule has 0 unspecified atom stereocenters. The Morgan fingerprint density at radius 3 is 2.10 bits per heavy atom. The van der Waals surface area contributed by atoms with E-state index in [2.05, 4.69) is 10.6 Å². The van der Waals surface area contributed by atoms with E-state index in [0.29, 0.717) is 32.4 Å². The van der Waals surface area contributed by atoms with Crippen molar-refractivity contribution in [1.29, 1.82) is 0 Å². The second kappa shape index (κ2) is 13.6. The summed E-state index contributed by atoms with van der Waals surface area (Å²) in [6.45, 7) is 0. The number of anilines is 2. The van der Waals surface area contributed by atoms with Gasteiger partial charge in [0.05, 0.1) is 0 Å². The predicted octanol–water partition coefficient (Wildman–Crippen LogP) is 7.37. The van der Waals surface area contributed by atoms with Crippen LogP contribution in [0.4, 0.5) is 11.4 Å². The normalized spacial score (nSPS) is 11.3. The Bertz CT molecular complexity index is 1610. The van der Waals surface area contributed by atoms with Gasteiger partial charge in [0.25, 0.3) is 11.8 Å². The lowest BCUT2D eigenvalue weighted by atomic mass is 10.1. The van der Waals surface area contributed by atoms with Crippen LogP contribution in [0.1, 0.15) is 31.8 Å². The molecule has 0 bridgehead atoms. The standard InChI is InChI=1S/C33H27Cl2N3O3/c1-38(2)28-17-8-22(9-18-28)10-19-31(39)23-12-15-27(16-13-23)36-33(41)30(20-25-11-14-26(34)21-29(25)35)37-32(40)24-6-4-3-5-7-24/h3-21H,1-2H3,(H,36,41)(H,37,40)/b19-10+,30-20-. The van der Waals surface area contributed by atoms with Crippen LogP contribution in [0.2, 0.25) is 10.0 Å².